The van der Waals surface area contributed by atoms with E-state index >= 15 is 0 Å². The number of benzene rings is 2. The maximum absolute atomic E-state index is 13.7. The summed E-state index contributed by atoms with van der Waals surface area (Å²) in [5.74, 6) is -0.888. The summed E-state index contributed by atoms with van der Waals surface area (Å²) in [7, 11) is 1.37. The summed E-state index contributed by atoms with van der Waals surface area (Å²) in [6.45, 7) is 6.25. The van der Waals surface area contributed by atoms with Gasteiger partial charge < -0.3 is 30.2 Å². The number of nitrogens with zero attached hydrogens (tertiary/aromatic N) is 2. The van der Waals surface area contributed by atoms with Crippen molar-refractivity contribution in [2.24, 2.45) is 0 Å². The second-order valence-electron chi connectivity index (χ2n) is 13.3. The Hall–Kier alpha value is -5.62. The number of anilines is 2. The number of carbonyl (C=O) groups is 3. The average molecular weight is 693 g/mol. The van der Waals surface area contributed by atoms with Gasteiger partial charge in [0.1, 0.15) is 17.5 Å². The monoisotopic (exact) mass is 692 g/mol. The Morgan fingerprint density at radius 1 is 0.902 bits per heavy atom. The maximum atomic E-state index is 13.7. The zero-order valence-electron chi connectivity index (χ0n) is 29.4. The van der Waals surface area contributed by atoms with Gasteiger partial charge in [-0.2, -0.15) is 0 Å². The van der Waals surface area contributed by atoms with Crippen LogP contribution in [0.1, 0.15) is 63.1 Å². The number of pyridine rings is 2. The van der Waals surface area contributed by atoms with Crippen LogP contribution in [0.4, 0.5) is 16.2 Å². The van der Waals surface area contributed by atoms with Gasteiger partial charge in [0.15, 0.2) is 0 Å². The fourth-order valence-electron chi connectivity index (χ4n) is 5.55. The third-order valence-electron chi connectivity index (χ3n) is 8.08. The van der Waals surface area contributed by atoms with Crippen LogP contribution in [0.3, 0.4) is 0 Å². The lowest BCUT2D eigenvalue weighted by Gasteiger charge is -2.26. The third-order valence-corrected chi connectivity index (χ3v) is 8.08. The zero-order valence-corrected chi connectivity index (χ0v) is 29.4. The van der Waals surface area contributed by atoms with E-state index in [9.17, 15) is 14.4 Å². The van der Waals surface area contributed by atoms with Crippen molar-refractivity contribution >= 4 is 35.1 Å². The number of esters is 1. The van der Waals surface area contributed by atoms with Crippen molar-refractivity contribution in [3.8, 4) is 22.3 Å². The van der Waals surface area contributed by atoms with Crippen LogP contribution in [0.15, 0.2) is 79.4 Å². The molecule has 0 spiro atoms. The van der Waals surface area contributed by atoms with Gasteiger partial charge in [-0.15, -0.1) is 0 Å². The molecule has 5 rings (SSSR count). The molecule has 266 valence electrons. The molecular formula is C39H44N6O6. The maximum Gasteiger partial charge on any atom is 0.407 e. The number of rotatable bonds is 12. The summed E-state index contributed by atoms with van der Waals surface area (Å²) in [6.07, 6.45) is 9.42. The van der Waals surface area contributed by atoms with Crippen LogP contribution < -0.4 is 16.0 Å². The van der Waals surface area contributed by atoms with Crippen LogP contribution in [0, 0.1) is 5.41 Å². The molecule has 1 fully saturated rings. The molecule has 1 atom stereocenters. The standard InChI is InChI=1S/C39H44N6O6/c1-39(2,3)51-38(48)43-21-26-17-29(22-41-20-26)28-12-13-33(45-34-10-5-6-15-50-34)32(19-28)36(40)37(47)44-31-18-30(23-42-24-31)27-9-7-8-25(16-27)11-14-35(46)49-4/h7-9,12-13,16-20,22-24,34,40,45H,5-6,10-11,14-15,21H2,1-4H3,(H,43,48)(H,44,47). The Bertz CT molecular complexity index is 1880. The smallest absolute Gasteiger partial charge is 0.407 e. The van der Waals surface area contributed by atoms with Crippen LogP contribution in [-0.4, -0.2) is 59.2 Å². The molecule has 0 aliphatic carbocycles. The highest BCUT2D eigenvalue weighted by Gasteiger charge is 2.22. The van der Waals surface area contributed by atoms with Crippen LogP contribution in [0.5, 0.6) is 0 Å². The highest BCUT2D eigenvalue weighted by atomic mass is 16.6. The molecule has 4 N–H and O–H groups in total. The van der Waals surface area contributed by atoms with Crippen molar-refractivity contribution in [2.75, 3.05) is 24.4 Å². The fourth-order valence-corrected chi connectivity index (χ4v) is 5.55. The Balaban J connectivity index is 1.36. The van der Waals surface area contributed by atoms with E-state index in [-0.39, 0.29) is 30.9 Å². The van der Waals surface area contributed by atoms with E-state index in [1.807, 2.05) is 42.5 Å². The number of aromatic nitrogens is 2. The normalized spacial score (nSPS) is 14.2. The fraction of sp³-hybridized carbons (Fsp3) is 0.333. The molecule has 2 aromatic heterocycles. The number of nitrogens with one attached hydrogen (secondary N) is 4. The molecule has 0 radical (unpaired) electrons. The first-order chi connectivity index (χ1) is 24.5. The van der Waals surface area contributed by atoms with Gasteiger partial charge in [0, 0.05) is 60.5 Å². The number of carbonyl (C=O) groups excluding carboxylic acids is 3. The van der Waals surface area contributed by atoms with Crippen molar-refractivity contribution in [3.05, 3.63) is 96.1 Å². The molecule has 2 amide bonds. The van der Waals surface area contributed by atoms with Crippen LogP contribution in [-0.2, 0) is 36.8 Å². The van der Waals surface area contributed by atoms with Crippen molar-refractivity contribution in [3.63, 3.8) is 0 Å². The summed E-state index contributed by atoms with van der Waals surface area (Å²) in [5, 5.41) is 18.0. The van der Waals surface area contributed by atoms with E-state index in [1.54, 1.807) is 51.5 Å². The summed E-state index contributed by atoms with van der Waals surface area (Å²) in [4.78, 5) is 46.2. The quantitative estimate of drug-likeness (QED) is 0.0914. The van der Waals surface area contributed by atoms with Crippen molar-refractivity contribution < 1.29 is 28.6 Å². The summed E-state index contributed by atoms with van der Waals surface area (Å²) in [5.41, 5.74) is 5.40. The van der Waals surface area contributed by atoms with Gasteiger partial charge in [0.25, 0.3) is 5.91 Å². The lowest BCUT2D eigenvalue weighted by Crippen LogP contribution is -2.32. The van der Waals surface area contributed by atoms with Crippen LogP contribution in [0.25, 0.3) is 22.3 Å². The van der Waals surface area contributed by atoms with E-state index in [0.29, 0.717) is 30.0 Å². The summed E-state index contributed by atoms with van der Waals surface area (Å²) >= 11 is 0. The van der Waals surface area contributed by atoms with Crippen molar-refractivity contribution in [2.45, 2.75) is 71.2 Å². The number of hydrogen-bond acceptors (Lipinski definition) is 10. The Morgan fingerprint density at radius 2 is 1.65 bits per heavy atom. The predicted molar refractivity (Wildman–Crippen MR) is 195 cm³/mol. The summed E-state index contributed by atoms with van der Waals surface area (Å²) < 4.78 is 16.0. The topological polar surface area (TPSA) is 165 Å². The molecule has 4 aromatic rings. The van der Waals surface area contributed by atoms with E-state index in [1.165, 1.54) is 13.3 Å². The Morgan fingerprint density at radius 3 is 2.39 bits per heavy atom. The van der Waals surface area contributed by atoms with E-state index in [0.717, 1.165) is 52.6 Å². The van der Waals surface area contributed by atoms with Crippen LogP contribution >= 0.6 is 0 Å². The molecule has 51 heavy (non-hydrogen) atoms. The van der Waals surface area contributed by atoms with E-state index < -0.39 is 17.6 Å². The van der Waals surface area contributed by atoms with Crippen molar-refractivity contribution in [1.29, 1.82) is 5.41 Å². The molecule has 1 saturated heterocycles. The SMILES string of the molecule is COC(=O)CCc1cccc(-c2cncc(NC(=O)C(=N)c3cc(-c4cncc(CNC(=O)OC(C)(C)C)c4)ccc3NC3CCCCO3)c2)c1. The van der Waals surface area contributed by atoms with Gasteiger partial charge in [-0.3, -0.25) is 25.0 Å². The molecule has 12 heteroatoms. The predicted octanol–water partition coefficient (Wildman–Crippen LogP) is 6.89. The minimum Gasteiger partial charge on any atom is -0.469 e. The largest absolute Gasteiger partial charge is 0.469 e. The first kappa shape index (κ1) is 36.7. The third kappa shape index (κ3) is 10.7. The molecule has 3 heterocycles. The van der Waals surface area contributed by atoms with Gasteiger partial charge in [0.2, 0.25) is 0 Å². The van der Waals surface area contributed by atoms with E-state index in [4.69, 9.17) is 19.6 Å². The molecular weight excluding hydrogens is 648 g/mol. The van der Waals surface area contributed by atoms with Gasteiger partial charge in [-0.25, -0.2) is 4.79 Å². The molecule has 12 nitrogen and oxygen atoms in total. The number of ether oxygens (including phenoxy) is 3. The van der Waals surface area contributed by atoms with Gasteiger partial charge in [-0.1, -0.05) is 30.3 Å². The zero-order chi connectivity index (χ0) is 36.4. The van der Waals surface area contributed by atoms with Gasteiger partial charge in [0.05, 0.1) is 19.0 Å². The Kier molecular flexibility index (Phi) is 12.1. The molecule has 1 aliphatic rings. The number of amides is 2. The summed E-state index contributed by atoms with van der Waals surface area (Å²) in [6, 6.07) is 17.0. The molecule has 1 aliphatic heterocycles. The van der Waals surface area contributed by atoms with E-state index in [2.05, 4.69) is 25.9 Å². The highest BCUT2D eigenvalue weighted by molar-refractivity contribution is 6.48. The second kappa shape index (κ2) is 16.9. The first-order valence-electron chi connectivity index (χ1n) is 16.9. The molecule has 2 aromatic carbocycles. The minimum absolute atomic E-state index is 0.213. The number of hydrogen-bond donors (Lipinski definition) is 4. The number of aryl methyl sites for hydroxylation is 1. The van der Waals surface area contributed by atoms with Gasteiger partial charge in [-0.05, 0) is 93.0 Å². The van der Waals surface area contributed by atoms with Gasteiger partial charge >= 0.3 is 12.1 Å². The molecule has 0 bridgehead atoms. The lowest BCUT2D eigenvalue weighted by atomic mass is 9.98. The minimum atomic E-state index is -0.616. The second-order valence-corrected chi connectivity index (χ2v) is 13.3. The van der Waals surface area contributed by atoms with Crippen LogP contribution in [0.2, 0.25) is 0 Å². The average Bonchev–Trinajstić information content (AvgIpc) is 3.13. The first-order valence-corrected chi connectivity index (χ1v) is 16.9. The van der Waals surface area contributed by atoms with Crippen molar-refractivity contribution in [1.82, 2.24) is 15.3 Å². The number of alkyl carbamates (subject to hydrolysis) is 1. The highest BCUT2D eigenvalue weighted by Crippen LogP contribution is 2.29. The number of methoxy groups -OCH3 is 1. The Labute approximate surface area is 297 Å². The molecule has 0 saturated carbocycles. The molecule has 1 unspecified atom stereocenters. The lowest BCUT2D eigenvalue weighted by molar-refractivity contribution is -0.140.